The van der Waals surface area contributed by atoms with Crippen LogP contribution in [0.5, 0.6) is 0 Å². The number of benzene rings is 1. The highest BCUT2D eigenvalue weighted by Crippen LogP contribution is 2.24. The Balaban J connectivity index is 1.86. The van der Waals surface area contributed by atoms with E-state index in [9.17, 15) is 13.2 Å². The number of thiazole rings is 1. The summed E-state index contributed by atoms with van der Waals surface area (Å²) >= 11 is 6.97. The van der Waals surface area contributed by atoms with E-state index >= 15 is 0 Å². The topological polar surface area (TPSA) is 97.7 Å². The minimum Gasteiger partial charge on any atom is -0.392 e. The van der Waals surface area contributed by atoms with Crippen LogP contribution in [0.25, 0.3) is 0 Å². The molecular weight excluding hydrogens is 410 g/mol. The molecule has 1 aliphatic carbocycles. The summed E-state index contributed by atoms with van der Waals surface area (Å²) in [6.07, 6.45) is 6.48. The lowest BCUT2D eigenvalue weighted by Gasteiger charge is -2.10. The van der Waals surface area contributed by atoms with Crippen molar-refractivity contribution < 1.29 is 18.0 Å². The predicted octanol–water partition coefficient (Wildman–Crippen LogP) is 3.50. The first-order chi connectivity index (χ1) is 12.8. The fourth-order valence-electron chi connectivity index (χ4n) is 2.67. The minimum atomic E-state index is -3.33. The third-order valence-corrected chi connectivity index (χ3v) is 6.22. The van der Waals surface area contributed by atoms with E-state index in [0.717, 1.165) is 43.3 Å². The van der Waals surface area contributed by atoms with Crippen molar-refractivity contribution in [1.82, 2.24) is 4.98 Å². The van der Waals surface area contributed by atoms with Gasteiger partial charge in [-0.3, -0.25) is 10.1 Å². The molecule has 7 nitrogen and oxygen atoms in total. The van der Waals surface area contributed by atoms with Gasteiger partial charge in [-0.05, 0) is 37.8 Å². The molecule has 1 heterocycles. The number of carbonyl (C=O) groups is 1. The second-order valence-corrected chi connectivity index (χ2v) is 9.85. The zero-order chi connectivity index (χ0) is 19.4. The van der Waals surface area contributed by atoms with Crippen LogP contribution in [0, 0.1) is 0 Å². The molecule has 1 N–H and O–H groups in total. The number of sulfone groups is 1. The smallest absolute Gasteiger partial charge is 0.280 e. The number of halogens is 1. The van der Waals surface area contributed by atoms with Gasteiger partial charge in [-0.1, -0.05) is 40.2 Å². The van der Waals surface area contributed by atoms with Gasteiger partial charge in [0, 0.05) is 11.8 Å². The fourth-order valence-corrected chi connectivity index (χ4v) is 4.11. The molecule has 0 unspecified atom stereocenters. The summed E-state index contributed by atoms with van der Waals surface area (Å²) in [5.74, 6) is -0.508. The van der Waals surface area contributed by atoms with Crippen molar-refractivity contribution >= 4 is 49.5 Å². The number of amides is 1. The molecule has 27 heavy (non-hydrogen) atoms. The Hall–Kier alpha value is -1.97. The summed E-state index contributed by atoms with van der Waals surface area (Å²) in [6.45, 7) is 0. The number of anilines is 1. The number of nitrogens with one attached hydrogen (secondary N) is 1. The van der Waals surface area contributed by atoms with Gasteiger partial charge in [0.25, 0.3) is 5.91 Å². The van der Waals surface area contributed by atoms with Crippen LogP contribution in [0.4, 0.5) is 5.13 Å². The first kappa shape index (κ1) is 19.8. The van der Waals surface area contributed by atoms with Gasteiger partial charge >= 0.3 is 0 Å². The zero-order valence-corrected chi connectivity index (χ0v) is 16.9. The van der Waals surface area contributed by atoms with Crippen molar-refractivity contribution in [1.29, 1.82) is 0 Å². The third-order valence-electron chi connectivity index (χ3n) is 4.06. The molecule has 1 fully saturated rings. The van der Waals surface area contributed by atoms with Crippen LogP contribution in [0.15, 0.2) is 40.5 Å². The van der Waals surface area contributed by atoms with Crippen molar-refractivity contribution in [2.24, 2.45) is 5.16 Å². The molecule has 0 bridgehead atoms. The van der Waals surface area contributed by atoms with Gasteiger partial charge in [0.2, 0.25) is 0 Å². The molecule has 1 aromatic heterocycles. The molecule has 0 aliphatic heterocycles. The van der Waals surface area contributed by atoms with Crippen LogP contribution < -0.4 is 5.32 Å². The maximum atomic E-state index is 12.7. The Bertz CT molecular complexity index is 949. The van der Waals surface area contributed by atoms with Gasteiger partial charge in [0.15, 0.2) is 20.7 Å². The van der Waals surface area contributed by atoms with E-state index in [4.69, 9.17) is 16.4 Å². The summed E-state index contributed by atoms with van der Waals surface area (Å²) in [4.78, 5) is 22.4. The van der Waals surface area contributed by atoms with E-state index in [1.165, 1.54) is 30.5 Å². The zero-order valence-electron chi connectivity index (χ0n) is 14.5. The standard InChI is InChI=1S/C17H18ClN3O4S2/c1-27(23,24)13-8-6-11(7-9-13)15(21-25-12-4-2-3-5-12)16(22)20-17-19-10-14(18)26-17/h6-10,12H,2-5H2,1H3,(H,19,20,22)/b21-15+. The summed E-state index contributed by atoms with van der Waals surface area (Å²) in [5.41, 5.74) is 0.494. The van der Waals surface area contributed by atoms with Crippen molar-refractivity contribution in [2.45, 2.75) is 36.7 Å². The van der Waals surface area contributed by atoms with Crippen molar-refractivity contribution in [3.05, 3.63) is 40.4 Å². The number of oxime groups is 1. The molecule has 1 aromatic carbocycles. The van der Waals surface area contributed by atoms with Crippen molar-refractivity contribution in [2.75, 3.05) is 11.6 Å². The van der Waals surface area contributed by atoms with Crippen LogP contribution in [0.1, 0.15) is 31.2 Å². The molecule has 1 aliphatic rings. The quantitative estimate of drug-likeness (QED) is 0.562. The first-order valence-electron chi connectivity index (χ1n) is 8.30. The Labute approximate surface area is 166 Å². The normalized spacial score (nSPS) is 15.7. The van der Waals surface area contributed by atoms with Gasteiger partial charge in [-0.25, -0.2) is 13.4 Å². The second-order valence-electron chi connectivity index (χ2n) is 6.17. The summed E-state index contributed by atoms with van der Waals surface area (Å²) in [5, 5.41) is 7.05. The number of rotatable bonds is 6. The van der Waals surface area contributed by atoms with Gasteiger partial charge in [0.05, 0.1) is 11.1 Å². The molecule has 2 aromatic rings. The lowest BCUT2D eigenvalue weighted by Crippen LogP contribution is -2.25. The fraction of sp³-hybridized carbons (Fsp3) is 0.353. The number of carbonyl (C=O) groups excluding carboxylic acids is 1. The lowest BCUT2D eigenvalue weighted by atomic mass is 10.1. The van der Waals surface area contributed by atoms with Gasteiger partial charge in [-0.2, -0.15) is 0 Å². The Morgan fingerprint density at radius 2 is 1.96 bits per heavy atom. The molecule has 0 saturated heterocycles. The summed E-state index contributed by atoms with van der Waals surface area (Å²) < 4.78 is 23.7. The molecule has 144 valence electrons. The van der Waals surface area contributed by atoms with Crippen LogP contribution in [-0.2, 0) is 19.5 Å². The average molecular weight is 428 g/mol. The van der Waals surface area contributed by atoms with E-state index in [-0.39, 0.29) is 16.7 Å². The van der Waals surface area contributed by atoms with Crippen LogP contribution in [-0.4, -0.2) is 37.4 Å². The number of hydrogen-bond acceptors (Lipinski definition) is 7. The highest BCUT2D eigenvalue weighted by molar-refractivity contribution is 7.90. The SMILES string of the molecule is CS(=O)(=O)c1ccc(/C(=N\OC2CCCC2)C(=O)Nc2ncc(Cl)s2)cc1. The van der Waals surface area contributed by atoms with Crippen molar-refractivity contribution in [3.8, 4) is 0 Å². The number of nitrogens with zero attached hydrogens (tertiary/aromatic N) is 2. The molecule has 0 radical (unpaired) electrons. The Morgan fingerprint density at radius 3 is 2.52 bits per heavy atom. The Morgan fingerprint density at radius 1 is 1.30 bits per heavy atom. The summed E-state index contributed by atoms with van der Waals surface area (Å²) in [7, 11) is -3.33. The average Bonchev–Trinajstić information content (AvgIpc) is 3.26. The number of aromatic nitrogens is 1. The van der Waals surface area contributed by atoms with Crippen LogP contribution in [0.3, 0.4) is 0 Å². The molecule has 10 heteroatoms. The lowest BCUT2D eigenvalue weighted by molar-refractivity contribution is -0.110. The van der Waals surface area contributed by atoms with Crippen LogP contribution >= 0.6 is 22.9 Å². The predicted molar refractivity (Wildman–Crippen MR) is 105 cm³/mol. The van der Waals surface area contributed by atoms with E-state index < -0.39 is 15.7 Å². The van der Waals surface area contributed by atoms with Gasteiger partial charge < -0.3 is 4.84 Å². The third kappa shape index (κ3) is 5.27. The van der Waals surface area contributed by atoms with Gasteiger partial charge in [0.1, 0.15) is 10.4 Å². The molecule has 1 saturated carbocycles. The summed E-state index contributed by atoms with van der Waals surface area (Å²) in [6, 6.07) is 5.93. The Kier molecular flexibility index (Phi) is 6.13. The van der Waals surface area contributed by atoms with E-state index in [2.05, 4.69) is 15.5 Å². The minimum absolute atomic E-state index is 0.0163. The van der Waals surface area contributed by atoms with E-state index in [0.29, 0.717) is 15.0 Å². The van der Waals surface area contributed by atoms with E-state index in [1.807, 2.05) is 0 Å². The van der Waals surface area contributed by atoms with Gasteiger partial charge in [-0.15, -0.1) is 0 Å². The molecule has 0 atom stereocenters. The number of hydrogen-bond donors (Lipinski definition) is 1. The highest BCUT2D eigenvalue weighted by atomic mass is 35.5. The molecule has 3 rings (SSSR count). The maximum absolute atomic E-state index is 12.7. The van der Waals surface area contributed by atoms with Crippen molar-refractivity contribution in [3.63, 3.8) is 0 Å². The maximum Gasteiger partial charge on any atom is 0.280 e. The largest absolute Gasteiger partial charge is 0.392 e. The monoisotopic (exact) mass is 427 g/mol. The van der Waals surface area contributed by atoms with Crippen LogP contribution in [0.2, 0.25) is 4.34 Å². The molecule has 0 spiro atoms. The molecular formula is C17H18ClN3O4S2. The second kappa shape index (κ2) is 8.37. The molecule has 1 amide bonds. The highest BCUT2D eigenvalue weighted by Gasteiger charge is 2.21. The first-order valence-corrected chi connectivity index (χ1v) is 11.4. The van der Waals surface area contributed by atoms with E-state index in [1.54, 1.807) is 0 Å².